The summed E-state index contributed by atoms with van der Waals surface area (Å²) >= 11 is 0. The molecule has 3 N–H and O–H groups in total. The average Bonchev–Trinajstić information content (AvgIpc) is 2.48. The molecule has 110 valence electrons. The number of carbonyl (C=O) groups excluding carboxylic acids is 1. The molecule has 2 aromatic carbocycles. The van der Waals surface area contributed by atoms with E-state index in [4.69, 9.17) is 5.11 Å². The third kappa shape index (κ3) is 4.07. The SMILES string of the molecule is Cc1ccc(C(=O)Nc2cccc(CCCO)c2)cc1O. The summed E-state index contributed by atoms with van der Waals surface area (Å²) in [6, 6.07) is 12.4. The maximum absolute atomic E-state index is 12.1. The summed E-state index contributed by atoms with van der Waals surface area (Å²) in [5, 5.41) is 21.3. The topological polar surface area (TPSA) is 69.6 Å². The van der Waals surface area contributed by atoms with Crippen LogP contribution in [-0.4, -0.2) is 22.7 Å². The smallest absolute Gasteiger partial charge is 0.255 e. The van der Waals surface area contributed by atoms with E-state index in [1.807, 2.05) is 24.3 Å². The fourth-order valence-corrected chi connectivity index (χ4v) is 2.04. The molecule has 0 aliphatic heterocycles. The molecule has 4 heteroatoms. The fraction of sp³-hybridized carbons (Fsp3) is 0.235. The lowest BCUT2D eigenvalue weighted by molar-refractivity contribution is 0.102. The molecule has 0 bridgehead atoms. The van der Waals surface area contributed by atoms with Gasteiger partial charge in [0.25, 0.3) is 5.91 Å². The van der Waals surface area contributed by atoms with Crippen molar-refractivity contribution < 1.29 is 15.0 Å². The highest BCUT2D eigenvalue weighted by molar-refractivity contribution is 6.04. The molecule has 0 saturated carbocycles. The van der Waals surface area contributed by atoms with Crippen LogP contribution in [-0.2, 0) is 6.42 Å². The van der Waals surface area contributed by atoms with Crippen LogP contribution in [0.2, 0.25) is 0 Å². The zero-order valence-electron chi connectivity index (χ0n) is 12.0. The second-order valence-electron chi connectivity index (χ2n) is 4.98. The molecule has 4 nitrogen and oxygen atoms in total. The van der Waals surface area contributed by atoms with Crippen LogP contribution in [0.15, 0.2) is 42.5 Å². The zero-order chi connectivity index (χ0) is 15.2. The lowest BCUT2D eigenvalue weighted by Crippen LogP contribution is -2.12. The lowest BCUT2D eigenvalue weighted by atomic mass is 10.1. The van der Waals surface area contributed by atoms with E-state index in [9.17, 15) is 9.90 Å². The van der Waals surface area contributed by atoms with Crippen molar-refractivity contribution in [3.05, 3.63) is 59.2 Å². The first kappa shape index (κ1) is 15.1. The molecule has 0 radical (unpaired) electrons. The van der Waals surface area contributed by atoms with E-state index in [1.54, 1.807) is 19.1 Å². The number of amides is 1. The second kappa shape index (κ2) is 6.90. The molecule has 0 aromatic heterocycles. The van der Waals surface area contributed by atoms with Crippen molar-refractivity contribution in [2.75, 3.05) is 11.9 Å². The van der Waals surface area contributed by atoms with Gasteiger partial charge in [-0.15, -0.1) is 0 Å². The Hall–Kier alpha value is -2.33. The minimum absolute atomic E-state index is 0.111. The summed E-state index contributed by atoms with van der Waals surface area (Å²) in [4.78, 5) is 12.1. The molecule has 21 heavy (non-hydrogen) atoms. The molecule has 0 aliphatic rings. The van der Waals surface area contributed by atoms with Gasteiger partial charge in [0.1, 0.15) is 5.75 Å². The summed E-state index contributed by atoms with van der Waals surface area (Å²) in [5.74, 6) is -0.149. The van der Waals surface area contributed by atoms with Crippen molar-refractivity contribution in [1.29, 1.82) is 0 Å². The largest absolute Gasteiger partial charge is 0.508 e. The highest BCUT2D eigenvalue weighted by Crippen LogP contribution is 2.19. The van der Waals surface area contributed by atoms with Crippen molar-refractivity contribution in [2.45, 2.75) is 19.8 Å². The van der Waals surface area contributed by atoms with Crippen molar-refractivity contribution in [1.82, 2.24) is 0 Å². The number of phenols is 1. The Bertz CT molecular complexity index is 638. The molecule has 1 amide bonds. The summed E-state index contributed by atoms with van der Waals surface area (Å²) in [6.07, 6.45) is 1.47. The van der Waals surface area contributed by atoms with Gasteiger partial charge in [-0.05, 0) is 55.2 Å². The Morgan fingerprint density at radius 1 is 1.19 bits per heavy atom. The predicted molar refractivity (Wildman–Crippen MR) is 82.6 cm³/mol. The number of aliphatic hydroxyl groups is 1. The molecule has 0 heterocycles. The number of benzene rings is 2. The van der Waals surface area contributed by atoms with Crippen LogP contribution in [0.25, 0.3) is 0 Å². The van der Waals surface area contributed by atoms with E-state index < -0.39 is 0 Å². The molecule has 2 aromatic rings. The maximum atomic E-state index is 12.1. The van der Waals surface area contributed by atoms with Crippen molar-refractivity contribution in [2.24, 2.45) is 0 Å². The number of nitrogens with one attached hydrogen (secondary N) is 1. The third-order valence-corrected chi connectivity index (χ3v) is 3.28. The number of aryl methyl sites for hydroxylation is 2. The van der Waals surface area contributed by atoms with Crippen LogP contribution in [0, 0.1) is 6.92 Å². The minimum atomic E-state index is -0.260. The van der Waals surface area contributed by atoms with Gasteiger partial charge in [-0.2, -0.15) is 0 Å². The molecule has 0 unspecified atom stereocenters. The first-order valence-electron chi connectivity index (χ1n) is 6.91. The number of hydrogen-bond acceptors (Lipinski definition) is 3. The van der Waals surface area contributed by atoms with E-state index in [-0.39, 0.29) is 18.3 Å². The average molecular weight is 285 g/mol. The second-order valence-corrected chi connectivity index (χ2v) is 4.98. The fourth-order valence-electron chi connectivity index (χ4n) is 2.04. The van der Waals surface area contributed by atoms with E-state index in [2.05, 4.69) is 5.32 Å². The Balaban J connectivity index is 2.10. The van der Waals surface area contributed by atoms with Crippen molar-refractivity contribution >= 4 is 11.6 Å². The number of carbonyl (C=O) groups is 1. The standard InChI is InChI=1S/C17H19NO3/c1-12-7-8-14(11-16(12)20)17(21)18-15-6-2-4-13(10-15)5-3-9-19/h2,4,6-8,10-11,19-20H,3,5,9H2,1H3,(H,18,21). The molecular weight excluding hydrogens is 266 g/mol. The van der Waals surface area contributed by atoms with Crippen LogP contribution in [0.5, 0.6) is 5.75 Å². The summed E-state index contributed by atoms with van der Waals surface area (Å²) in [7, 11) is 0. The molecular formula is C17H19NO3. The van der Waals surface area contributed by atoms with Crippen LogP contribution in [0.1, 0.15) is 27.9 Å². The Morgan fingerprint density at radius 2 is 2.00 bits per heavy atom. The minimum Gasteiger partial charge on any atom is -0.508 e. The number of rotatable bonds is 5. The third-order valence-electron chi connectivity index (χ3n) is 3.28. The van der Waals surface area contributed by atoms with E-state index >= 15 is 0 Å². The van der Waals surface area contributed by atoms with Gasteiger partial charge >= 0.3 is 0 Å². The monoisotopic (exact) mass is 285 g/mol. The number of aliphatic hydroxyl groups excluding tert-OH is 1. The van der Waals surface area contributed by atoms with Crippen LogP contribution < -0.4 is 5.32 Å². The van der Waals surface area contributed by atoms with E-state index in [0.29, 0.717) is 17.7 Å². The molecule has 0 saturated heterocycles. The normalized spacial score (nSPS) is 10.4. The summed E-state index contributed by atoms with van der Waals surface area (Å²) in [5.41, 5.74) is 2.92. The highest BCUT2D eigenvalue weighted by Gasteiger charge is 2.08. The van der Waals surface area contributed by atoms with Gasteiger partial charge in [0.05, 0.1) is 0 Å². The highest BCUT2D eigenvalue weighted by atomic mass is 16.3. The number of anilines is 1. The Kier molecular flexibility index (Phi) is 4.95. The molecule has 0 aliphatic carbocycles. The van der Waals surface area contributed by atoms with E-state index in [0.717, 1.165) is 17.5 Å². The number of hydrogen-bond donors (Lipinski definition) is 3. The summed E-state index contributed by atoms with van der Waals surface area (Å²) < 4.78 is 0. The van der Waals surface area contributed by atoms with Gasteiger partial charge in [-0.1, -0.05) is 18.2 Å². The van der Waals surface area contributed by atoms with Gasteiger partial charge in [-0.3, -0.25) is 4.79 Å². The number of aromatic hydroxyl groups is 1. The van der Waals surface area contributed by atoms with Gasteiger partial charge < -0.3 is 15.5 Å². The van der Waals surface area contributed by atoms with Crippen LogP contribution in [0.4, 0.5) is 5.69 Å². The van der Waals surface area contributed by atoms with Gasteiger partial charge in [0.15, 0.2) is 0 Å². The Morgan fingerprint density at radius 3 is 2.71 bits per heavy atom. The summed E-state index contributed by atoms with van der Waals surface area (Å²) in [6.45, 7) is 1.93. The van der Waals surface area contributed by atoms with Crippen molar-refractivity contribution in [3.63, 3.8) is 0 Å². The molecule has 0 fully saturated rings. The van der Waals surface area contributed by atoms with E-state index in [1.165, 1.54) is 6.07 Å². The first-order valence-corrected chi connectivity index (χ1v) is 6.91. The first-order chi connectivity index (χ1) is 10.1. The van der Waals surface area contributed by atoms with Crippen LogP contribution >= 0.6 is 0 Å². The number of phenolic OH excluding ortho intramolecular Hbond substituents is 1. The van der Waals surface area contributed by atoms with Gasteiger partial charge in [0, 0.05) is 17.9 Å². The maximum Gasteiger partial charge on any atom is 0.255 e. The van der Waals surface area contributed by atoms with Gasteiger partial charge in [-0.25, -0.2) is 0 Å². The van der Waals surface area contributed by atoms with Gasteiger partial charge in [0.2, 0.25) is 0 Å². The van der Waals surface area contributed by atoms with Crippen LogP contribution in [0.3, 0.4) is 0 Å². The Labute approximate surface area is 124 Å². The lowest BCUT2D eigenvalue weighted by Gasteiger charge is -2.08. The quantitative estimate of drug-likeness (QED) is 0.791. The zero-order valence-corrected chi connectivity index (χ0v) is 12.0. The molecule has 2 rings (SSSR count). The van der Waals surface area contributed by atoms with Crippen molar-refractivity contribution in [3.8, 4) is 5.75 Å². The predicted octanol–water partition coefficient (Wildman–Crippen LogP) is 2.88. The molecule has 0 spiro atoms. The molecule has 0 atom stereocenters.